The molecule has 3 aromatic rings. The summed E-state index contributed by atoms with van der Waals surface area (Å²) in [7, 11) is 0. The number of aliphatic hydroxyl groups is 1. The van der Waals surface area contributed by atoms with Crippen molar-refractivity contribution in [1.29, 1.82) is 0 Å². The van der Waals surface area contributed by atoms with E-state index in [1.807, 2.05) is 24.3 Å². The summed E-state index contributed by atoms with van der Waals surface area (Å²) in [6, 6.07) is 7.54. The van der Waals surface area contributed by atoms with Gasteiger partial charge < -0.3 is 20.9 Å². The average Bonchev–Trinajstić information content (AvgIpc) is 3.35. The fourth-order valence-corrected chi connectivity index (χ4v) is 3.63. The van der Waals surface area contributed by atoms with Crippen LogP contribution in [0, 0.1) is 5.92 Å². The normalized spacial score (nSPS) is 18.9. The maximum atomic E-state index is 11.4. The summed E-state index contributed by atoms with van der Waals surface area (Å²) < 4.78 is 7.33. The van der Waals surface area contributed by atoms with Crippen LogP contribution in [0.3, 0.4) is 0 Å². The zero-order valence-electron chi connectivity index (χ0n) is 17.7. The fourth-order valence-electron chi connectivity index (χ4n) is 3.63. The molecule has 0 spiro atoms. The molecule has 1 aliphatic rings. The second kappa shape index (κ2) is 8.46. The number of carbonyl (C=O) groups is 1. The monoisotopic (exact) mass is 425 g/mol. The van der Waals surface area contributed by atoms with Crippen LogP contribution in [-0.2, 0) is 4.79 Å². The van der Waals surface area contributed by atoms with Crippen molar-refractivity contribution in [2.75, 3.05) is 11.9 Å². The molecule has 2 aromatic heterocycles. The highest BCUT2D eigenvalue weighted by molar-refractivity contribution is 5.77. The molecule has 1 aromatic carbocycles. The van der Waals surface area contributed by atoms with Gasteiger partial charge in [0.05, 0.1) is 24.1 Å². The highest BCUT2D eigenvalue weighted by Crippen LogP contribution is 2.27. The van der Waals surface area contributed by atoms with Gasteiger partial charge >= 0.3 is 0 Å². The number of nitrogens with one attached hydrogen (secondary N) is 1. The number of primary amides is 1. The summed E-state index contributed by atoms with van der Waals surface area (Å²) in [6.45, 7) is 3.93. The maximum Gasteiger partial charge on any atom is 0.225 e. The Labute approximate surface area is 179 Å². The van der Waals surface area contributed by atoms with Crippen LogP contribution in [0.1, 0.15) is 39.5 Å². The number of aromatic nitrogens is 5. The van der Waals surface area contributed by atoms with Gasteiger partial charge in [-0.15, -0.1) is 5.10 Å². The number of anilines is 1. The van der Waals surface area contributed by atoms with Crippen LogP contribution in [0.4, 0.5) is 5.95 Å². The van der Waals surface area contributed by atoms with Gasteiger partial charge in [0.15, 0.2) is 11.2 Å². The molecule has 1 aliphatic carbocycles. The number of hydrogen-bond acceptors (Lipinski definition) is 8. The number of benzene rings is 1. The lowest BCUT2D eigenvalue weighted by atomic mass is 10.1. The first kappa shape index (κ1) is 21.0. The smallest absolute Gasteiger partial charge is 0.225 e. The molecular formula is C21H27N7O3. The van der Waals surface area contributed by atoms with Crippen molar-refractivity contribution < 1.29 is 14.6 Å². The Morgan fingerprint density at radius 2 is 2.10 bits per heavy atom. The Bertz CT molecular complexity index is 1060. The van der Waals surface area contributed by atoms with Crippen LogP contribution >= 0.6 is 0 Å². The summed E-state index contributed by atoms with van der Waals surface area (Å²) in [4.78, 5) is 20.3. The number of fused-ring (bicyclic) bond motifs is 1. The summed E-state index contributed by atoms with van der Waals surface area (Å²) >= 11 is 0. The maximum absolute atomic E-state index is 11.4. The van der Waals surface area contributed by atoms with Crippen molar-refractivity contribution >= 4 is 23.0 Å². The molecule has 2 atom stereocenters. The van der Waals surface area contributed by atoms with Gasteiger partial charge in [-0.3, -0.25) is 4.79 Å². The summed E-state index contributed by atoms with van der Waals surface area (Å²) in [6.07, 6.45) is 4.47. The van der Waals surface area contributed by atoms with Gasteiger partial charge in [0.25, 0.3) is 0 Å². The minimum Gasteiger partial charge on any atom is -0.493 e. The third kappa shape index (κ3) is 5.08. The van der Waals surface area contributed by atoms with Gasteiger partial charge in [-0.05, 0) is 57.4 Å². The lowest BCUT2D eigenvalue weighted by Gasteiger charge is -2.17. The molecule has 10 heteroatoms. The molecule has 4 rings (SSSR count). The number of carbonyl (C=O) groups excluding carboxylic acids is 1. The number of amides is 1. The first-order valence-corrected chi connectivity index (χ1v) is 10.4. The van der Waals surface area contributed by atoms with Crippen molar-refractivity contribution in [1.82, 2.24) is 25.0 Å². The lowest BCUT2D eigenvalue weighted by molar-refractivity contribution is -0.121. The van der Waals surface area contributed by atoms with Crippen LogP contribution < -0.4 is 15.8 Å². The van der Waals surface area contributed by atoms with Gasteiger partial charge in [0, 0.05) is 18.4 Å². The molecular weight excluding hydrogens is 398 g/mol. The number of hydrogen-bond donors (Lipinski definition) is 3. The first-order chi connectivity index (χ1) is 14.8. The third-order valence-corrected chi connectivity index (χ3v) is 5.42. The topological polar surface area (TPSA) is 141 Å². The van der Waals surface area contributed by atoms with E-state index >= 15 is 0 Å². The Kier molecular flexibility index (Phi) is 5.73. The molecule has 0 bridgehead atoms. The van der Waals surface area contributed by atoms with Crippen molar-refractivity contribution in [2.45, 2.75) is 51.2 Å². The predicted molar refractivity (Wildman–Crippen MR) is 115 cm³/mol. The molecule has 2 heterocycles. The molecule has 0 unspecified atom stereocenters. The number of nitrogens with two attached hydrogens (primary N) is 1. The number of ether oxygens (including phenoxy) is 1. The van der Waals surface area contributed by atoms with Crippen molar-refractivity contribution in [3.05, 3.63) is 30.5 Å². The molecule has 10 nitrogen and oxygen atoms in total. The second-order valence-electron chi connectivity index (χ2n) is 8.56. The summed E-state index contributed by atoms with van der Waals surface area (Å²) in [5.74, 6) is 0.824. The van der Waals surface area contributed by atoms with Gasteiger partial charge in [-0.25, -0.2) is 4.98 Å². The molecule has 0 radical (unpaired) electrons. The largest absolute Gasteiger partial charge is 0.493 e. The Hall–Kier alpha value is -3.27. The first-order valence-electron chi connectivity index (χ1n) is 10.4. The number of nitrogens with zero attached hydrogens (tertiary/aromatic N) is 5. The van der Waals surface area contributed by atoms with Gasteiger partial charge in [0.2, 0.25) is 11.9 Å². The minimum atomic E-state index is -0.760. The Morgan fingerprint density at radius 3 is 2.77 bits per heavy atom. The van der Waals surface area contributed by atoms with E-state index in [-0.39, 0.29) is 17.9 Å². The molecule has 31 heavy (non-hydrogen) atoms. The zero-order chi connectivity index (χ0) is 22.0. The quantitative estimate of drug-likeness (QED) is 0.496. The lowest BCUT2D eigenvalue weighted by Crippen LogP contribution is -2.23. The predicted octanol–water partition coefficient (Wildman–Crippen LogP) is 1.82. The molecule has 0 aliphatic heterocycles. The van der Waals surface area contributed by atoms with Crippen LogP contribution in [-0.4, -0.2) is 54.2 Å². The van der Waals surface area contributed by atoms with Gasteiger partial charge in [-0.2, -0.15) is 9.67 Å². The summed E-state index contributed by atoms with van der Waals surface area (Å²) in [5.41, 5.74) is 6.61. The van der Waals surface area contributed by atoms with Crippen LogP contribution in [0.2, 0.25) is 0 Å². The zero-order valence-corrected chi connectivity index (χ0v) is 17.7. The highest BCUT2D eigenvalue weighted by atomic mass is 16.5. The standard InChI is InChI=1S/C21H27N7O3/c1-21(2,30)9-10-31-16-7-5-15(6-8-16)28-19-17(26-27-28)12-23-20(25-19)24-14-4-3-13(11-14)18(22)29/h5-8,12-14,30H,3-4,9-11H2,1-2H3,(H2,22,29)(H,23,24,25)/t13-,14-/m1/s1. The SMILES string of the molecule is CC(C)(O)CCOc1ccc(-n2nnc3cnc(N[C@@H]4CC[C@@H](C(N)=O)C4)nc32)cc1. The molecule has 1 saturated carbocycles. The van der Waals surface area contributed by atoms with Crippen molar-refractivity contribution in [2.24, 2.45) is 11.7 Å². The fraction of sp³-hybridized carbons (Fsp3) is 0.476. The van der Waals surface area contributed by atoms with Gasteiger partial charge in [-0.1, -0.05) is 5.21 Å². The van der Waals surface area contributed by atoms with Crippen LogP contribution in [0.5, 0.6) is 5.75 Å². The average molecular weight is 425 g/mol. The van der Waals surface area contributed by atoms with Crippen LogP contribution in [0.25, 0.3) is 16.9 Å². The second-order valence-corrected chi connectivity index (χ2v) is 8.56. The molecule has 4 N–H and O–H groups in total. The van der Waals surface area contributed by atoms with Crippen molar-refractivity contribution in [3.8, 4) is 11.4 Å². The molecule has 0 saturated heterocycles. The molecule has 164 valence electrons. The van der Waals surface area contributed by atoms with Crippen molar-refractivity contribution in [3.63, 3.8) is 0 Å². The number of rotatable bonds is 8. The van der Waals surface area contributed by atoms with Crippen LogP contribution in [0.15, 0.2) is 30.5 Å². The van der Waals surface area contributed by atoms with Gasteiger partial charge in [0.1, 0.15) is 5.75 Å². The molecule has 1 amide bonds. The molecule has 1 fully saturated rings. The minimum absolute atomic E-state index is 0.0994. The van der Waals surface area contributed by atoms with E-state index in [2.05, 4.69) is 25.6 Å². The third-order valence-electron chi connectivity index (χ3n) is 5.42. The van der Waals surface area contributed by atoms with E-state index in [0.29, 0.717) is 42.3 Å². The Balaban J connectivity index is 1.47. The van der Waals surface area contributed by atoms with E-state index in [4.69, 9.17) is 10.5 Å². The van der Waals surface area contributed by atoms with E-state index in [0.717, 1.165) is 18.5 Å². The summed E-state index contributed by atoms with van der Waals surface area (Å²) in [5, 5.41) is 21.4. The Morgan fingerprint density at radius 1 is 1.32 bits per heavy atom. The van der Waals surface area contributed by atoms with E-state index in [1.54, 1.807) is 24.7 Å². The van der Waals surface area contributed by atoms with E-state index in [9.17, 15) is 9.90 Å². The highest BCUT2D eigenvalue weighted by Gasteiger charge is 2.28. The van der Waals surface area contributed by atoms with E-state index < -0.39 is 5.60 Å². The van der Waals surface area contributed by atoms with E-state index in [1.165, 1.54) is 0 Å².